The molecule has 2 nitrogen and oxygen atoms in total. The van der Waals surface area contributed by atoms with Crippen molar-refractivity contribution in [2.24, 2.45) is 0 Å². The lowest BCUT2D eigenvalue weighted by Gasteiger charge is -2.33. The van der Waals surface area contributed by atoms with Crippen LogP contribution >= 0.6 is 0 Å². The molecular formula is C14H17NO. The zero-order chi connectivity index (χ0) is 10.8. The number of fused-ring (bicyclic) bond motifs is 1. The number of piperidine rings is 1. The van der Waals surface area contributed by atoms with E-state index in [1.807, 2.05) is 6.26 Å². The van der Waals surface area contributed by atoms with Gasteiger partial charge in [0.25, 0.3) is 0 Å². The number of nitrogens with zero attached hydrogens (tertiary/aromatic N) is 1. The molecule has 0 radical (unpaired) electrons. The average molecular weight is 215 g/mol. The van der Waals surface area contributed by atoms with Gasteiger partial charge in [-0.1, -0.05) is 24.3 Å². The van der Waals surface area contributed by atoms with Gasteiger partial charge in [0, 0.05) is 18.7 Å². The van der Waals surface area contributed by atoms with Gasteiger partial charge in [-0.2, -0.15) is 0 Å². The van der Waals surface area contributed by atoms with E-state index in [4.69, 9.17) is 4.74 Å². The molecule has 0 atom stereocenters. The van der Waals surface area contributed by atoms with Crippen molar-refractivity contribution in [1.29, 1.82) is 0 Å². The van der Waals surface area contributed by atoms with Gasteiger partial charge in [0.1, 0.15) is 12.9 Å². The van der Waals surface area contributed by atoms with Gasteiger partial charge in [0.15, 0.2) is 0 Å². The SMILES string of the molecule is C1=C(N2CCCCC2)c2ccccc2CO1. The summed E-state index contributed by atoms with van der Waals surface area (Å²) in [5.41, 5.74) is 3.95. The summed E-state index contributed by atoms with van der Waals surface area (Å²) in [7, 11) is 0. The van der Waals surface area contributed by atoms with E-state index in [9.17, 15) is 0 Å². The third-order valence-corrected chi connectivity index (χ3v) is 3.42. The highest BCUT2D eigenvalue weighted by atomic mass is 16.5. The van der Waals surface area contributed by atoms with Crippen molar-refractivity contribution >= 4 is 5.70 Å². The highest BCUT2D eigenvalue weighted by Crippen LogP contribution is 2.29. The zero-order valence-electron chi connectivity index (χ0n) is 9.48. The molecule has 16 heavy (non-hydrogen) atoms. The van der Waals surface area contributed by atoms with Crippen LogP contribution < -0.4 is 0 Å². The fraction of sp³-hybridized carbons (Fsp3) is 0.429. The van der Waals surface area contributed by atoms with Crippen LogP contribution in [0.25, 0.3) is 5.70 Å². The first-order chi connectivity index (χ1) is 7.95. The molecule has 0 aliphatic carbocycles. The Morgan fingerprint density at radius 2 is 1.81 bits per heavy atom. The second kappa shape index (κ2) is 4.20. The van der Waals surface area contributed by atoms with E-state index in [2.05, 4.69) is 29.2 Å². The Labute approximate surface area is 96.5 Å². The van der Waals surface area contributed by atoms with Gasteiger partial charge in [-0.05, 0) is 24.8 Å². The van der Waals surface area contributed by atoms with Crippen molar-refractivity contribution in [3.8, 4) is 0 Å². The molecule has 0 unspecified atom stereocenters. The van der Waals surface area contributed by atoms with Crippen LogP contribution in [0.15, 0.2) is 30.5 Å². The number of rotatable bonds is 1. The maximum atomic E-state index is 5.56. The van der Waals surface area contributed by atoms with Crippen molar-refractivity contribution in [1.82, 2.24) is 4.90 Å². The highest BCUT2D eigenvalue weighted by Gasteiger charge is 2.20. The molecule has 1 fully saturated rings. The van der Waals surface area contributed by atoms with E-state index in [1.165, 1.54) is 49.2 Å². The molecule has 1 aromatic carbocycles. The van der Waals surface area contributed by atoms with Gasteiger partial charge >= 0.3 is 0 Å². The predicted molar refractivity (Wildman–Crippen MR) is 64.6 cm³/mol. The van der Waals surface area contributed by atoms with Gasteiger partial charge in [-0.15, -0.1) is 0 Å². The Morgan fingerprint density at radius 3 is 2.69 bits per heavy atom. The summed E-state index contributed by atoms with van der Waals surface area (Å²) in [6, 6.07) is 8.56. The molecule has 84 valence electrons. The standard InChI is InChI=1S/C14H17NO/c1-4-8-15(9-5-1)14-11-16-10-12-6-2-3-7-13(12)14/h2-3,6-7,11H,1,4-5,8-10H2. The highest BCUT2D eigenvalue weighted by molar-refractivity contribution is 5.67. The second-order valence-corrected chi connectivity index (χ2v) is 4.52. The quantitative estimate of drug-likeness (QED) is 0.714. The lowest BCUT2D eigenvalue weighted by atomic mass is 10.0. The van der Waals surface area contributed by atoms with Crippen LogP contribution in [0.1, 0.15) is 30.4 Å². The first kappa shape index (κ1) is 9.76. The normalized spacial score (nSPS) is 19.8. The van der Waals surface area contributed by atoms with E-state index in [0.29, 0.717) is 6.61 Å². The molecular weight excluding hydrogens is 198 g/mol. The molecule has 0 spiro atoms. The minimum atomic E-state index is 0.716. The minimum absolute atomic E-state index is 0.716. The van der Waals surface area contributed by atoms with Crippen LogP contribution in [-0.4, -0.2) is 18.0 Å². The van der Waals surface area contributed by atoms with Crippen LogP contribution in [0.2, 0.25) is 0 Å². The molecule has 1 aromatic rings. The largest absolute Gasteiger partial charge is 0.494 e. The van der Waals surface area contributed by atoms with Gasteiger partial charge in [-0.25, -0.2) is 0 Å². The fourth-order valence-electron chi connectivity index (χ4n) is 2.55. The Morgan fingerprint density at radius 1 is 1.00 bits per heavy atom. The second-order valence-electron chi connectivity index (χ2n) is 4.52. The summed E-state index contributed by atoms with van der Waals surface area (Å²) < 4.78 is 5.56. The zero-order valence-corrected chi connectivity index (χ0v) is 9.48. The average Bonchev–Trinajstić information content (AvgIpc) is 2.39. The topological polar surface area (TPSA) is 12.5 Å². The van der Waals surface area contributed by atoms with Crippen molar-refractivity contribution in [2.45, 2.75) is 25.9 Å². The fourth-order valence-corrected chi connectivity index (χ4v) is 2.55. The molecule has 0 aromatic heterocycles. The summed E-state index contributed by atoms with van der Waals surface area (Å²) in [4.78, 5) is 2.46. The molecule has 2 heterocycles. The first-order valence-electron chi connectivity index (χ1n) is 6.10. The number of likely N-dealkylation sites (tertiary alicyclic amines) is 1. The van der Waals surface area contributed by atoms with Crippen LogP contribution in [-0.2, 0) is 11.3 Å². The van der Waals surface area contributed by atoms with Crippen LogP contribution in [0, 0.1) is 0 Å². The summed E-state index contributed by atoms with van der Waals surface area (Å²) >= 11 is 0. The molecule has 3 rings (SSSR count). The van der Waals surface area contributed by atoms with Gasteiger partial charge < -0.3 is 9.64 Å². The third-order valence-electron chi connectivity index (χ3n) is 3.42. The maximum absolute atomic E-state index is 5.56. The van der Waals surface area contributed by atoms with E-state index in [0.717, 1.165) is 0 Å². The lowest BCUT2D eigenvalue weighted by molar-refractivity contribution is 0.219. The number of benzene rings is 1. The Balaban J connectivity index is 1.92. The minimum Gasteiger partial charge on any atom is -0.494 e. The van der Waals surface area contributed by atoms with Crippen LogP contribution in [0.3, 0.4) is 0 Å². The van der Waals surface area contributed by atoms with Crippen LogP contribution in [0.4, 0.5) is 0 Å². The Hall–Kier alpha value is -1.44. The van der Waals surface area contributed by atoms with Gasteiger partial charge in [0.05, 0.1) is 5.70 Å². The van der Waals surface area contributed by atoms with E-state index >= 15 is 0 Å². The van der Waals surface area contributed by atoms with Gasteiger partial charge in [0.2, 0.25) is 0 Å². The molecule has 0 amide bonds. The molecule has 2 heteroatoms. The molecule has 1 saturated heterocycles. The van der Waals surface area contributed by atoms with E-state index < -0.39 is 0 Å². The molecule has 0 N–H and O–H groups in total. The Bertz CT molecular complexity index is 405. The van der Waals surface area contributed by atoms with E-state index in [-0.39, 0.29) is 0 Å². The van der Waals surface area contributed by atoms with Gasteiger partial charge in [-0.3, -0.25) is 0 Å². The monoisotopic (exact) mass is 215 g/mol. The predicted octanol–water partition coefficient (Wildman–Crippen LogP) is 3.00. The Kier molecular flexibility index (Phi) is 2.56. The third kappa shape index (κ3) is 1.69. The maximum Gasteiger partial charge on any atom is 0.113 e. The molecule has 2 aliphatic rings. The number of ether oxygens (including phenoxy) is 1. The van der Waals surface area contributed by atoms with Crippen molar-refractivity contribution < 1.29 is 4.74 Å². The lowest BCUT2D eigenvalue weighted by Crippen LogP contribution is -2.29. The summed E-state index contributed by atoms with van der Waals surface area (Å²) in [5.74, 6) is 0. The van der Waals surface area contributed by atoms with Crippen molar-refractivity contribution in [3.05, 3.63) is 41.7 Å². The molecule has 0 bridgehead atoms. The first-order valence-corrected chi connectivity index (χ1v) is 6.10. The molecule has 2 aliphatic heterocycles. The van der Waals surface area contributed by atoms with Crippen molar-refractivity contribution in [2.75, 3.05) is 13.1 Å². The van der Waals surface area contributed by atoms with E-state index in [1.54, 1.807) is 0 Å². The van der Waals surface area contributed by atoms with Crippen molar-refractivity contribution in [3.63, 3.8) is 0 Å². The summed E-state index contributed by atoms with van der Waals surface area (Å²) in [5, 5.41) is 0. The molecule has 0 saturated carbocycles. The smallest absolute Gasteiger partial charge is 0.113 e. The summed E-state index contributed by atoms with van der Waals surface area (Å²) in [6.45, 7) is 3.06. The van der Waals surface area contributed by atoms with Crippen LogP contribution in [0.5, 0.6) is 0 Å². The number of hydrogen-bond donors (Lipinski definition) is 0. The summed E-state index contributed by atoms with van der Waals surface area (Å²) in [6.07, 6.45) is 5.92. The number of hydrogen-bond acceptors (Lipinski definition) is 2.